The van der Waals surface area contributed by atoms with Crippen LogP contribution in [0.15, 0.2) is 18.2 Å². The van der Waals surface area contributed by atoms with Gasteiger partial charge in [-0.2, -0.15) is 0 Å². The van der Waals surface area contributed by atoms with E-state index in [9.17, 15) is 4.79 Å². The maximum absolute atomic E-state index is 12.0. The van der Waals surface area contributed by atoms with Crippen molar-refractivity contribution in [1.82, 2.24) is 5.32 Å². The average molecular weight is 302 g/mol. The van der Waals surface area contributed by atoms with Gasteiger partial charge in [0.15, 0.2) is 0 Å². The monoisotopic (exact) mass is 301 g/mol. The molecule has 0 bridgehead atoms. The fourth-order valence-corrected chi connectivity index (χ4v) is 2.49. The third kappa shape index (κ3) is 5.84. The van der Waals surface area contributed by atoms with E-state index >= 15 is 0 Å². The summed E-state index contributed by atoms with van der Waals surface area (Å²) >= 11 is 12.2. The Morgan fingerprint density at radius 2 is 2.00 bits per heavy atom. The predicted octanol–water partition coefficient (Wildman–Crippen LogP) is 4.42. The number of hydrogen-bond donors (Lipinski definition) is 1. The van der Waals surface area contributed by atoms with Gasteiger partial charge in [-0.3, -0.25) is 4.79 Å². The molecule has 1 rings (SSSR count). The van der Waals surface area contributed by atoms with Crippen molar-refractivity contribution in [3.8, 4) is 0 Å². The van der Waals surface area contributed by atoms with Crippen LogP contribution >= 0.6 is 23.2 Å². The van der Waals surface area contributed by atoms with Crippen molar-refractivity contribution in [1.29, 1.82) is 0 Å². The van der Waals surface area contributed by atoms with E-state index in [1.807, 2.05) is 6.92 Å². The van der Waals surface area contributed by atoms with Crippen LogP contribution in [0.2, 0.25) is 5.02 Å². The lowest BCUT2D eigenvalue weighted by molar-refractivity contribution is 0.0952. The number of amides is 1. The Labute approximate surface area is 125 Å². The summed E-state index contributed by atoms with van der Waals surface area (Å²) in [6.45, 7) is 8.74. The second-order valence-corrected chi connectivity index (χ2v) is 7.06. The van der Waals surface area contributed by atoms with Crippen LogP contribution in [-0.4, -0.2) is 17.8 Å². The Kier molecular flexibility index (Phi) is 5.69. The highest BCUT2D eigenvalue weighted by molar-refractivity contribution is 6.31. The highest BCUT2D eigenvalue weighted by atomic mass is 35.5. The standard InChI is InChI=1S/C15H21Cl2NO/c1-10-7-11(5-6-13(10)17)14(19)18-9-12(16)8-15(2,3)4/h5-7,12H,8-9H2,1-4H3,(H,18,19). The Bertz CT molecular complexity index is 452. The van der Waals surface area contributed by atoms with Crippen LogP contribution in [-0.2, 0) is 0 Å². The third-order valence-electron chi connectivity index (χ3n) is 2.74. The number of nitrogens with one attached hydrogen (secondary N) is 1. The van der Waals surface area contributed by atoms with Gasteiger partial charge in [0, 0.05) is 17.1 Å². The number of carbonyl (C=O) groups is 1. The van der Waals surface area contributed by atoms with Crippen molar-refractivity contribution < 1.29 is 4.79 Å². The summed E-state index contributed by atoms with van der Waals surface area (Å²) in [6, 6.07) is 5.24. The van der Waals surface area contributed by atoms with Crippen LogP contribution in [0.25, 0.3) is 0 Å². The summed E-state index contributed by atoms with van der Waals surface area (Å²) in [6.07, 6.45) is 0.856. The summed E-state index contributed by atoms with van der Waals surface area (Å²) < 4.78 is 0. The highest BCUT2D eigenvalue weighted by Crippen LogP contribution is 2.23. The molecule has 19 heavy (non-hydrogen) atoms. The second kappa shape index (κ2) is 6.62. The molecule has 0 aliphatic carbocycles. The minimum Gasteiger partial charge on any atom is -0.351 e. The maximum atomic E-state index is 12.0. The largest absolute Gasteiger partial charge is 0.351 e. The van der Waals surface area contributed by atoms with Gasteiger partial charge in [0.05, 0.1) is 5.38 Å². The number of hydrogen-bond acceptors (Lipinski definition) is 1. The van der Waals surface area contributed by atoms with Crippen LogP contribution < -0.4 is 5.32 Å². The van der Waals surface area contributed by atoms with Gasteiger partial charge in [0.25, 0.3) is 5.91 Å². The fraction of sp³-hybridized carbons (Fsp3) is 0.533. The molecule has 1 amide bonds. The molecular weight excluding hydrogens is 281 g/mol. The molecular formula is C15H21Cl2NO. The number of aryl methyl sites for hydroxylation is 1. The molecule has 0 fully saturated rings. The van der Waals surface area contributed by atoms with Gasteiger partial charge in [-0.1, -0.05) is 32.4 Å². The number of alkyl halides is 1. The smallest absolute Gasteiger partial charge is 0.251 e. The zero-order chi connectivity index (χ0) is 14.6. The van der Waals surface area contributed by atoms with Crippen LogP contribution in [0.4, 0.5) is 0 Å². The second-order valence-electron chi connectivity index (χ2n) is 6.04. The first-order valence-corrected chi connectivity index (χ1v) is 7.19. The van der Waals surface area contributed by atoms with Gasteiger partial charge < -0.3 is 5.32 Å². The van der Waals surface area contributed by atoms with Crippen LogP contribution in [0.3, 0.4) is 0 Å². The minimum atomic E-state index is -0.112. The SMILES string of the molecule is Cc1cc(C(=O)NCC(Cl)CC(C)(C)C)ccc1Cl. The maximum Gasteiger partial charge on any atom is 0.251 e. The quantitative estimate of drug-likeness (QED) is 0.819. The molecule has 1 atom stereocenters. The molecule has 0 spiro atoms. The van der Waals surface area contributed by atoms with E-state index in [-0.39, 0.29) is 16.7 Å². The van der Waals surface area contributed by atoms with E-state index < -0.39 is 0 Å². The molecule has 106 valence electrons. The summed E-state index contributed by atoms with van der Waals surface area (Å²) in [5.41, 5.74) is 1.67. The minimum absolute atomic E-state index is 0.0580. The van der Waals surface area contributed by atoms with Crippen LogP contribution in [0.5, 0.6) is 0 Å². The lowest BCUT2D eigenvalue weighted by atomic mass is 9.90. The van der Waals surface area contributed by atoms with Crippen molar-refractivity contribution in [2.24, 2.45) is 5.41 Å². The number of carbonyl (C=O) groups excluding carboxylic acids is 1. The van der Waals surface area contributed by atoms with Gasteiger partial charge in [0.2, 0.25) is 0 Å². The third-order valence-corrected chi connectivity index (χ3v) is 3.47. The first-order chi connectivity index (χ1) is 8.69. The Morgan fingerprint density at radius 1 is 1.37 bits per heavy atom. The lowest BCUT2D eigenvalue weighted by Crippen LogP contribution is -2.31. The summed E-state index contributed by atoms with van der Waals surface area (Å²) in [5, 5.41) is 3.46. The first-order valence-electron chi connectivity index (χ1n) is 6.37. The number of halogens is 2. The van der Waals surface area contributed by atoms with Crippen molar-refractivity contribution in [3.63, 3.8) is 0 Å². The molecule has 0 radical (unpaired) electrons. The number of benzene rings is 1. The van der Waals surface area contributed by atoms with E-state index in [0.29, 0.717) is 17.1 Å². The van der Waals surface area contributed by atoms with Crippen LogP contribution in [0.1, 0.15) is 43.1 Å². The van der Waals surface area contributed by atoms with E-state index in [0.717, 1.165) is 12.0 Å². The summed E-state index contributed by atoms with van der Waals surface area (Å²) in [4.78, 5) is 12.0. The van der Waals surface area contributed by atoms with Gasteiger partial charge in [0.1, 0.15) is 0 Å². The highest BCUT2D eigenvalue weighted by Gasteiger charge is 2.17. The molecule has 1 N–H and O–H groups in total. The van der Waals surface area contributed by atoms with Crippen molar-refractivity contribution in [2.45, 2.75) is 39.5 Å². The van der Waals surface area contributed by atoms with E-state index in [1.165, 1.54) is 0 Å². The zero-order valence-corrected chi connectivity index (χ0v) is 13.4. The molecule has 1 aromatic carbocycles. The van der Waals surface area contributed by atoms with Gasteiger partial charge in [-0.25, -0.2) is 0 Å². The molecule has 0 aliphatic heterocycles. The van der Waals surface area contributed by atoms with Gasteiger partial charge >= 0.3 is 0 Å². The molecule has 2 nitrogen and oxygen atoms in total. The molecule has 0 saturated carbocycles. The fourth-order valence-electron chi connectivity index (χ4n) is 1.83. The zero-order valence-electron chi connectivity index (χ0n) is 11.9. The Balaban J connectivity index is 2.53. The van der Waals surface area contributed by atoms with Gasteiger partial charge in [-0.15, -0.1) is 11.6 Å². The lowest BCUT2D eigenvalue weighted by Gasteiger charge is -2.22. The molecule has 0 saturated heterocycles. The van der Waals surface area contributed by atoms with E-state index in [1.54, 1.807) is 18.2 Å². The summed E-state index contributed by atoms with van der Waals surface area (Å²) in [7, 11) is 0. The topological polar surface area (TPSA) is 29.1 Å². The normalized spacial score (nSPS) is 13.2. The summed E-state index contributed by atoms with van der Waals surface area (Å²) in [5.74, 6) is -0.112. The molecule has 4 heteroatoms. The first kappa shape index (κ1) is 16.3. The van der Waals surface area contributed by atoms with Gasteiger partial charge in [-0.05, 0) is 42.5 Å². The molecule has 0 aromatic heterocycles. The molecule has 0 heterocycles. The van der Waals surface area contributed by atoms with E-state index in [4.69, 9.17) is 23.2 Å². The number of rotatable bonds is 4. The molecule has 1 aromatic rings. The Hall–Kier alpha value is -0.730. The molecule has 1 unspecified atom stereocenters. The average Bonchev–Trinajstić information content (AvgIpc) is 2.27. The van der Waals surface area contributed by atoms with Crippen molar-refractivity contribution in [2.75, 3.05) is 6.54 Å². The van der Waals surface area contributed by atoms with Crippen molar-refractivity contribution >= 4 is 29.1 Å². The Morgan fingerprint density at radius 3 is 2.53 bits per heavy atom. The predicted molar refractivity (Wildman–Crippen MR) is 82.2 cm³/mol. The molecule has 0 aliphatic rings. The van der Waals surface area contributed by atoms with E-state index in [2.05, 4.69) is 26.1 Å². The van der Waals surface area contributed by atoms with Crippen LogP contribution in [0, 0.1) is 12.3 Å². The van der Waals surface area contributed by atoms with Crippen molar-refractivity contribution in [3.05, 3.63) is 34.3 Å².